The SMILES string of the molecule is CC(C)n1ncnc1C(NN)c1cccc(Cl)c1Cl. The minimum atomic E-state index is -0.365. The van der Waals surface area contributed by atoms with Crippen molar-refractivity contribution in [3.63, 3.8) is 0 Å². The predicted octanol–water partition coefficient (Wildman–Crippen LogP) is 2.72. The topological polar surface area (TPSA) is 68.8 Å². The first-order valence-corrected chi connectivity index (χ1v) is 6.61. The Balaban J connectivity index is 2.50. The third-order valence-corrected chi connectivity index (χ3v) is 3.64. The van der Waals surface area contributed by atoms with Gasteiger partial charge in [-0.15, -0.1) is 0 Å². The van der Waals surface area contributed by atoms with Crippen molar-refractivity contribution in [1.29, 1.82) is 0 Å². The van der Waals surface area contributed by atoms with E-state index in [1.54, 1.807) is 10.7 Å². The molecule has 1 atom stereocenters. The summed E-state index contributed by atoms with van der Waals surface area (Å²) in [4.78, 5) is 4.26. The highest BCUT2D eigenvalue weighted by Gasteiger charge is 2.23. The Hall–Kier alpha value is -1.14. The highest BCUT2D eigenvalue weighted by molar-refractivity contribution is 6.42. The summed E-state index contributed by atoms with van der Waals surface area (Å²) in [6.45, 7) is 4.04. The molecule has 102 valence electrons. The summed E-state index contributed by atoms with van der Waals surface area (Å²) < 4.78 is 1.79. The van der Waals surface area contributed by atoms with Crippen LogP contribution in [0.2, 0.25) is 10.0 Å². The zero-order valence-corrected chi connectivity index (χ0v) is 12.2. The molecule has 1 heterocycles. The van der Waals surface area contributed by atoms with E-state index in [1.165, 1.54) is 6.33 Å². The van der Waals surface area contributed by atoms with E-state index >= 15 is 0 Å². The van der Waals surface area contributed by atoms with Crippen LogP contribution in [0, 0.1) is 0 Å². The lowest BCUT2D eigenvalue weighted by atomic mass is 10.1. The highest BCUT2D eigenvalue weighted by atomic mass is 35.5. The molecule has 7 heteroatoms. The normalized spacial score (nSPS) is 12.9. The number of nitrogens with two attached hydrogens (primary N) is 1. The van der Waals surface area contributed by atoms with Crippen LogP contribution < -0.4 is 11.3 Å². The third kappa shape index (κ3) is 2.74. The van der Waals surface area contributed by atoms with Crippen LogP contribution in [0.5, 0.6) is 0 Å². The van der Waals surface area contributed by atoms with E-state index in [2.05, 4.69) is 15.5 Å². The molecule has 2 rings (SSSR count). The average molecular weight is 300 g/mol. The van der Waals surface area contributed by atoms with E-state index in [-0.39, 0.29) is 12.1 Å². The van der Waals surface area contributed by atoms with Crippen molar-refractivity contribution in [2.24, 2.45) is 5.84 Å². The first-order chi connectivity index (χ1) is 9.06. The van der Waals surface area contributed by atoms with Gasteiger partial charge in [-0.2, -0.15) is 5.10 Å². The zero-order valence-electron chi connectivity index (χ0n) is 10.6. The second kappa shape index (κ2) is 5.88. The number of hydrazine groups is 1. The first-order valence-electron chi connectivity index (χ1n) is 5.85. The second-order valence-corrected chi connectivity index (χ2v) is 5.18. The third-order valence-electron chi connectivity index (χ3n) is 2.81. The van der Waals surface area contributed by atoms with E-state index < -0.39 is 0 Å². The Morgan fingerprint density at radius 3 is 2.68 bits per heavy atom. The van der Waals surface area contributed by atoms with Gasteiger partial charge in [-0.3, -0.25) is 5.84 Å². The molecule has 0 saturated heterocycles. The number of hydrogen-bond acceptors (Lipinski definition) is 4. The largest absolute Gasteiger partial charge is 0.270 e. The van der Waals surface area contributed by atoms with Gasteiger partial charge in [0, 0.05) is 6.04 Å². The van der Waals surface area contributed by atoms with Gasteiger partial charge in [0.2, 0.25) is 0 Å². The molecule has 0 spiro atoms. The van der Waals surface area contributed by atoms with Crippen LogP contribution in [0.4, 0.5) is 0 Å². The van der Waals surface area contributed by atoms with Gasteiger partial charge >= 0.3 is 0 Å². The van der Waals surface area contributed by atoms with E-state index in [4.69, 9.17) is 29.0 Å². The van der Waals surface area contributed by atoms with E-state index in [1.807, 2.05) is 26.0 Å². The molecular weight excluding hydrogens is 285 g/mol. The monoisotopic (exact) mass is 299 g/mol. The summed E-state index contributed by atoms with van der Waals surface area (Å²) in [6.07, 6.45) is 1.50. The van der Waals surface area contributed by atoms with Crippen molar-refractivity contribution in [3.05, 3.63) is 46.0 Å². The summed E-state index contributed by atoms with van der Waals surface area (Å²) in [5.74, 6) is 6.35. The van der Waals surface area contributed by atoms with Gasteiger partial charge in [-0.1, -0.05) is 35.3 Å². The highest BCUT2D eigenvalue weighted by Crippen LogP contribution is 2.32. The Labute approximate surface area is 121 Å². The number of rotatable bonds is 4. The van der Waals surface area contributed by atoms with Crippen molar-refractivity contribution in [2.45, 2.75) is 25.9 Å². The van der Waals surface area contributed by atoms with Crippen molar-refractivity contribution in [3.8, 4) is 0 Å². The van der Waals surface area contributed by atoms with Gasteiger partial charge in [0.15, 0.2) is 0 Å². The van der Waals surface area contributed by atoms with E-state index in [0.29, 0.717) is 15.9 Å². The average Bonchev–Trinajstić information content (AvgIpc) is 2.85. The fourth-order valence-corrected chi connectivity index (χ4v) is 2.33. The summed E-state index contributed by atoms with van der Waals surface area (Å²) in [5, 5.41) is 5.14. The molecule has 0 fully saturated rings. The lowest BCUT2D eigenvalue weighted by molar-refractivity contribution is 0.469. The molecule has 1 aromatic heterocycles. The molecule has 2 aromatic rings. The molecule has 0 aliphatic heterocycles. The molecule has 1 unspecified atom stereocenters. The first kappa shape index (κ1) is 14.3. The Kier molecular flexibility index (Phi) is 4.42. The maximum absolute atomic E-state index is 6.23. The van der Waals surface area contributed by atoms with Crippen LogP contribution in [0.1, 0.15) is 37.3 Å². The van der Waals surface area contributed by atoms with Crippen molar-refractivity contribution in [2.75, 3.05) is 0 Å². The standard InChI is InChI=1S/C12H15Cl2N5/c1-7(2)19-12(16-6-17-19)11(18-15)8-4-3-5-9(13)10(8)14/h3-7,11,18H,15H2,1-2H3. The summed E-state index contributed by atoms with van der Waals surface area (Å²) in [7, 11) is 0. The fourth-order valence-electron chi connectivity index (χ4n) is 1.91. The van der Waals surface area contributed by atoms with Gasteiger partial charge in [0.25, 0.3) is 0 Å². The molecule has 19 heavy (non-hydrogen) atoms. The number of halogens is 2. The molecule has 0 radical (unpaired) electrons. The molecule has 0 bridgehead atoms. The number of nitrogens with one attached hydrogen (secondary N) is 1. The Bertz CT molecular complexity index is 567. The molecule has 3 N–H and O–H groups in total. The fraction of sp³-hybridized carbons (Fsp3) is 0.333. The number of benzene rings is 1. The van der Waals surface area contributed by atoms with Crippen molar-refractivity contribution in [1.82, 2.24) is 20.2 Å². The second-order valence-electron chi connectivity index (χ2n) is 4.40. The van der Waals surface area contributed by atoms with E-state index in [9.17, 15) is 0 Å². The smallest absolute Gasteiger partial charge is 0.150 e. The van der Waals surface area contributed by atoms with Crippen LogP contribution in [0.25, 0.3) is 0 Å². The zero-order chi connectivity index (χ0) is 14.0. The lowest BCUT2D eigenvalue weighted by Gasteiger charge is -2.19. The van der Waals surface area contributed by atoms with Crippen LogP contribution in [-0.4, -0.2) is 14.8 Å². The van der Waals surface area contributed by atoms with Gasteiger partial charge in [0.1, 0.15) is 18.2 Å². The van der Waals surface area contributed by atoms with Gasteiger partial charge in [-0.05, 0) is 25.5 Å². The van der Waals surface area contributed by atoms with Crippen LogP contribution in [0.3, 0.4) is 0 Å². The van der Waals surface area contributed by atoms with Crippen molar-refractivity contribution >= 4 is 23.2 Å². The predicted molar refractivity (Wildman–Crippen MR) is 76.0 cm³/mol. The number of hydrogen-bond donors (Lipinski definition) is 2. The van der Waals surface area contributed by atoms with Gasteiger partial charge in [0.05, 0.1) is 10.0 Å². The molecule has 0 aliphatic rings. The van der Waals surface area contributed by atoms with Gasteiger partial charge < -0.3 is 0 Å². The molecule has 0 amide bonds. The molecule has 0 saturated carbocycles. The summed E-state index contributed by atoms with van der Waals surface area (Å²) in [5.41, 5.74) is 3.49. The molecule has 5 nitrogen and oxygen atoms in total. The number of nitrogens with zero attached hydrogens (tertiary/aromatic N) is 3. The Morgan fingerprint density at radius 1 is 1.32 bits per heavy atom. The van der Waals surface area contributed by atoms with Crippen LogP contribution in [0.15, 0.2) is 24.5 Å². The summed E-state index contributed by atoms with van der Waals surface area (Å²) >= 11 is 12.3. The van der Waals surface area contributed by atoms with Crippen LogP contribution >= 0.6 is 23.2 Å². The maximum Gasteiger partial charge on any atom is 0.150 e. The molecule has 0 aliphatic carbocycles. The minimum absolute atomic E-state index is 0.173. The molecule has 1 aromatic carbocycles. The maximum atomic E-state index is 6.23. The minimum Gasteiger partial charge on any atom is -0.270 e. The Morgan fingerprint density at radius 2 is 2.05 bits per heavy atom. The lowest BCUT2D eigenvalue weighted by Crippen LogP contribution is -2.32. The van der Waals surface area contributed by atoms with Crippen LogP contribution in [-0.2, 0) is 0 Å². The summed E-state index contributed by atoms with van der Waals surface area (Å²) in [6, 6.07) is 5.22. The van der Waals surface area contributed by atoms with Gasteiger partial charge in [-0.25, -0.2) is 15.1 Å². The molecular formula is C12H15Cl2N5. The van der Waals surface area contributed by atoms with Crippen molar-refractivity contribution < 1.29 is 0 Å². The van der Waals surface area contributed by atoms with E-state index in [0.717, 1.165) is 5.56 Å². The number of aromatic nitrogens is 3. The quantitative estimate of drug-likeness (QED) is 0.673.